The first-order valence-electron chi connectivity index (χ1n) is 8.77. The Morgan fingerprint density at radius 3 is 2.75 bits per heavy atom. The molecular weight excluding hydrogens is 376 g/mol. The molecule has 7 nitrogen and oxygen atoms in total. The SMILES string of the molecule is CCOC(=O)c1cccc(NC(=S)NCc2nc(-c3ccc(C)cc3)no2)c1. The maximum Gasteiger partial charge on any atom is 0.338 e. The first-order chi connectivity index (χ1) is 13.5. The molecule has 0 saturated heterocycles. The lowest BCUT2D eigenvalue weighted by Gasteiger charge is -2.10. The molecule has 0 radical (unpaired) electrons. The van der Waals surface area contributed by atoms with E-state index in [4.69, 9.17) is 21.5 Å². The number of ether oxygens (including phenoxy) is 1. The number of rotatable bonds is 6. The standard InChI is InChI=1S/C20H20N4O3S/c1-3-26-19(25)15-5-4-6-16(11-15)22-20(28)21-12-17-23-18(24-27-17)14-9-7-13(2)8-10-14/h4-11H,3,12H2,1-2H3,(H2,21,22,28). The predicted molar refractivity (Wildman–Crippen MR) is 110 cm³/mol. The molecule has 2 aromatic carbocycles. The van der Waals surface area contributed by atoms with E-state index in [0.29, 0.717) is 34.7 Å². The molecule has 0 unspecified atom stereocenters. The first-order valence-corrected chi connectivity index (χ1v) is 9.17. The van der Waals surface area contributed by atoms with Crippen LogP contribution in [0.1, 0.15) is 28.7 Å². The molecule has 0 atom stereocenters. The van der Waals surface area contributed by atoms with E-state index in [2.05, 4.69) is 20.8 Å². The van der Waals surface area contributed by atoms with Crippen molar-refractivity contribution in [3.8, 4) is 11.4 Å². The lowest BCUT2D eigenvalue weighted by molar-refractivity contribution is 0.0526. The van der Waals surface area contributed by atoms with E-state index in [1.54, 1.807) is 31.2 Å². The van der Waals surface area contributed by atoms with Crippen molar-refractivity contribution in [3.05, 3.63) is 65.5 Å². The van der Waals surface area contributed by atoms with Gasteiger partial charge in [0.15, 0.2) is 5.11 Å². The number of carbonyl (C=O) groups excluding carboxylic acids is 1. The van der Waals surface area contributed by atoms with Gasteiger partial charge in [0.2, 0.25) is 11.7 Å². The van der Waals surface area contributed by atoms with Crippen LogP contribution in [0.3, 0.4) is 0 Å². The van der Waals surface area contributed by atoms with E-state index in [0.717, 1.165) is 11.1 Å². The number of anilines is 1. The number of carbonyl (C=O) groups is 1. The number of benzene rings is 2. The maximum atomic E-state index is 11.8. The highest BCUT2D eigenvalue weighted by Gasteiger charge is 2.10. The molecule has 2 N–H and O–H groups in total. The lowest BCUT2D eigenvalue weighted by atomic mass is 10.1. The van der Waals surface area contributed by atoms with Crippen LogP contribution in [-0.2, 0) is 11.3 Å². The van der Waals surface area contributed by atoms with Crippen LogP contribution in [0.2, 0.25) is 0 Å². The molecule has 1 heterocycles. The molecule has 0 amide bonds. The largest absolute Gasteiger partial charge is 0.462 e. The molecule has 0 saturated carbocycles. The average Bonchev–Trinajstić information content (AvgIpc) is 3.16. The lowest BCUT2D eigenvalue weighted by Crippen LogP contribution is -2.28. The third kappa shape index (κ3) is 5.14. The van der Waals surface area contributed by atoms with Gasteiger partial charge in [0.05, 0.1) is 18.7 Å². The number of aryl methyl sites for hydroxylation is 1. The molecule has 144 valence electrons. The van der Waals surface area contributed by atoms with E-state index in [1.165, 1.54) is 0 Å². The number of hydrogen-bond acceptors (Lipinski definition) is 6. The van der Waals surface area contributed by atoms with E-state index >= 15 is 0 Å². The van der Waals surface area contributed by atoms with Gasteiger partial charge in [-0.2, -0.15) is 4.98 Å². The van der Waals surface area contributed by atoms with Gasteiger partial charge in [-0.3, -0.25) is 0 Å². The number of esters is 1. The van der Waals surface area contributed by atoms with Gasteiger partial charge in [-0.25, -0.2) is 4.79 Å². The van der Waals surface area contributed by atoms with Crippen molar-refractivity contribution in [1.82, 2.24) is 15.5 Å². The summed E-state index contributed by atoms with van der Waals surface area (Å²) >= 11 is 5.28. The predicted octanol–water partition coefficient (Wildman–Crippen LogP) is 3.71. The summed E-state index contributed by atoms with van der Waals surface area (Å²) < 4.78 is 10.3. The second kappa shape index (κ2) is 9.09. The second-order valence-electron chi connectivity index (χ2n) is 5.99. The highest BCUT2D eigenvalue weighted by molar-refractivity contribution is 7.80. The minimum Gasteiger partial charge on any atom is -0.462 e. The topological polar surface area (TPSA) is 89.3 Å². The van der Waals surface area contributed by atoms with Gasteiger partial charge in [0, 0.05) is 11.3 Å². The van der Waals surface area contributed by atoms with Gasteiger partial charge in [0.25, 0.3) is 0 Å². The normalized spacial score (nSPS) is 10.4. The summed E-state index contributed by atoms with van der Waals surface area (Å²) in [5, 5.41) is 10.4. The van der Waals surface area contributed by atoms with Crippen molar-refractivity contribution < 1.29 is 14.1 Å². The number of hydrogen-bond donors (Lipinski definition) is 2. The van der Waals surface area contributed by atoms with Crippen LogP contribution in [-0.4, -0.2) is 27.8 Å². The molecule has 3 rings (SSSR count). The molecule has 3 aromatic rings. The molecule has 1 aromatic heterocycles. The van der Waals surface area contributed by atoms with Crippen molar-refractivity contribution in [2.75, 3.05) is 11.9 Å². The maximum absolute atomic E-state index is 11.8. The number of nitrogens with one attached hydrogen (secondary N) is 2. The Morgan fingerprint density at radius 1 is 1.21 bits per heavy atom. The minimum atomic E-state index is -0.375. The Balaban J connectivity index is 1.56. The summed E-state index contributed by atoms with van der Waals surface area (Å²) in [7, 11) is 0. The van der Waals surface area contributed by atoms with Crippen molar-refractivity contribution in [3.63, 3.8) is 0 Å². The van der Waals surface area contributed by atoms with Crippen molar-refractivity contribution >= 4 is 29.0 Å². The third-order valence-electron chi connectivity index (χ3n) is 3.81. The fourth-order valence-corrected chi connectivity index (χ4v) is 2.61. The average molecular weight is 396 g/mol. The zero-order valence-corrected chi connectivity index (χ0v) is 16.4. The Hall–Kier alpha value is -3.26. The first kappa shape index (κ1) is 19.5. The van der Waals surface area contributed by atoms with Crippen LogP contribution < -0.4 is 10.6 Å². The van der Waals surface area contributed by atoms with Crippen LogP contribution in [0.4, 0.5) is 5.69 Å². The Kier molecular flexibility index (Phi) is 6.33. The zero-order chi connectivity index (χ0) is 19.9. The van der Waals surface area contributed by atoms with Crippen molar-refractivity contribution in [2.45, 2.75) is 20.4 Å². The number of nitrogens with zero attached hydrogens (tertiary/aromatic N) is 2. The van der Waals surface area contributed by atoms with E-state index in [-0.39, 0.29) is 12.5 Å². The molecule has 0 aliphatic heterocycles. The van der Waals surface area contributed by atoms with Gasteiger partial charge in [-0.15, -0.1) is 0 Å². The molecule has 0 bridgehead atoms. The van der Waals surface area contributed by atoms with E-state index < -0.39 is 0 Å². The van der Waals surface area contributed by atoms with Crippen molar-refractivity contribution in [1.29, 1.82) is 0 Å². The molecule has 0 aliphatic carbocycles. The van der Waals surface area contributed by atoms with Gasteiger partial charge >= 0.3 is 5.97 Å². The molecule has 0 spiro atoms. The summed E-state index contributed by atoms with van der Waals surface area (Å²) in [6, 6.07) is 14.8. The van der Waals surface area contributed by atoms with Gasteiger partial charge in [-0.05, 0) is 44.3 Å². The highest BCUT2D eigenvalue weighted by Crippen LogP contribution is 2.16. The zero-order valence-electron chi connectivity index (χ0n) is 15.6. The fourth-order valence-electron chi connectivity index (χ4n) is 2.42. The van der Waals surface area contributed by atoms with Crippen molar-refractivity contribution in [2.24, 2.45) is 0 Å². The molecule has 0 aliphatic rings. The van der Waals surface area contributed by atoms with Gasteiger partial charge in [0.1, 0.15) is 0 Å². The van der Waals surface area contributed by atoms with E-state index in [1.807, 2.05) is 31.2 Å². The van der Waals surface area contributed by atoms with E-state index in [9.17, 15) is 4.79 Å². The van der Waals surface area contributed by atoms with Crippen LogP contribution in [0.15, 0.2) is 53.1 Å². The smallest absolute Gasteiger partial charge is 0.338 e. The monoisotopic (exact) mass is 396 g/mol. The summed E-state index contributed by atoms with van der Waals surface area (Å²) in [5.41, 5.74) is 3.18. The second-order valence-corrected chi connectivity index (χ2v) is 6.39. The highest BCUT2D eigenvalue weighted by atomic mass is 32.1. The van der Waals surface area contributed by atoms with Gasteiger partial charge in [-0.1, -0.05) is 41.1 Å². The van der Waals surface area contributed by atoms with Crippen LogP contribution in [0, 0.1) is 6.92 Å². The quantitative estimate of drug-likeness (QED) is 0.481. The van der Waals surface area contributed by atoms with Crippen LogP contribution in [0.25, 0.3) is 11.4 Å². The summed E-state index contributed by atoms with van der Waals surface area (Å²) in [5.74, 6) is 0.567. The Bertz CT molecular complexity index is 970. The summed E-state index contributed by atoms with van der Waals surface area (Å²) in [4.78, 5) is 16.2. The van der Waals surface area contributed by atoms with Crippen LogP contribution >= 0.6 is 12.2 Å². The third-order valence-corrected chi connectivity index (χ3v) is 4.06. The number of aromatic nitrogens is 2. The van der Waals surface area contributed by atoms with Crippen LogP contribution in [0.5, 0.6) is 0 Å². The molecule has 0 fully saturated rings. The van der Waals surface area contributed by atoms with Gasteiger partial charge < -0.3 is 19.9 Å². The fraction of sp³-hybridized carbons (Fsp3) is 0.200. The summed E-state index contributed by atoms with van der Waals surface area (Å²) in [6.45, 7) is 4.39. The Labute approximate surface area is 168 Å². The molecule has 8 heteroatoms. The molecular formula is C20H20N4O3S. The number of thiocarbonyl (C=S) groups is 1. The molecule has 28 heavy (non-hydrogen) atoms. The summed E-state index contributed by atoms with van der Waals surface area (Å²) in [6.07, 6.45) is 0. The Morgan fingerprint density at radius 2 is 2.00 bits per heavy atom. The minimum absolute atomic E-state index is 0.280.